The molecule has 0 spiro atoms. The van der Waals surface area contributed by atoms with Gasteiger partial charge in [0.2, 0.25) is 5.91 Å². The lowest BCUT2D eigenvalue weighted by Crippen LogP contribution is -2.46. The second-order valence-corrected chi connectivity index (χ2v) is 7.62. The SMILES string of the molecule is CCC(CNC(=NC)NC1CCN(C(=O)C(C)C)C1)c1ccc(Cl)cc1. The molecule has 1 aliphatic heterocycles. The van der Waals surface area contributed by atoms with Gasteiger partial charge < -0.3 is 15.5 Å². The van der Waals surface area contributed by atoms with Crippen molar-refractivity contribution in [1.82, 2.24) is 15.5 Å². The van der Waals surface area contributed by atoms with Gasteiger partial charge in [0.15, 0.2) is 5.96 Å². The van der Waals surface area contributed by atoms with Crippen LogP contribution >= 0.6 is 11.6 Å². The molecule has 1 amide bonds. The van der Waals surface area contributed by atoms with Crippen LogP contribution in [0.3, 0.4) is 0 Å². The van der Waals surface area contributed by atoms with Gasteiger partial charge in [-0.05, 0) is 30.5 Å². The summed E-state index contributed by atoms with van der Waals surface area (Å²) in [5.74, 6) is 1.47. The van der Waals surface area contributed by atoms with Crippen molar-refractivity contribution in [3.63, 3.8) is 0 Å². The molecule has 6 heteroatoms. The van der Waals surface area contributed by atoms with E-state index >= 15 is 0 Å². The van der Waals surface area contributed by atoms with Gasteiger partial charge in [0.05, 0.1) is 0 Å². The monoisotopic (exact) mass is 378 g/mol. The van der Waals surface area contributed by atoms with Crippen molar-refractivity contribution in [3.05, 3.63) is 34.9 Å². The zero-order chi connectivity index (χ0) is 19.1. The van der Waals surface area contributed by atoms with Crippen molar-refractivity contribution < 1.29 is 4.79 Å². The second-order valence-electron chi connectivity index (χ2n) is 7.18. The molecular formula is C20H31ClN4O. The summed E-state index contributed by atoms with van der Waals surface area (Å²) in [6.07, 6.45) is 1.99. The predicted octanol–water partition coefficient (Wildman–Crippen LogP) is 3.26. The molecule has 5 nitrogen and oxygen atoms in total. The Morgan fingerprint density at radius 1 is 1.35 bits per heavy atom. The van der Waals surface area contributed by atoms with Gasteiger partial charge in [-0.3, -0.25) is 9.79 Å². The largest absolute Gasteiger partial charge is 0.356 e. The number of benzene rings is 1. The van der Waals surface area contributed by atoms with E-state index in [9.17, 15) is 4.79 Å². The van der Waals surface area contributed by atoms with Crippen molar-refractivity contribution in [2.24, 2.45) is 10.9 Å². The van der Waals surface area contributed by atoms with Crippen LogP contribution in [0.25, 0.3) is 0 Å². The van der Waals surface area contributed by atoms with Crippen molar-refractivity contribution in [1.29, 1.82) is 0 Å². The molecular weight excluding hydrogens is 348 g/mol. The van der Waals surface area contributed by atoms with Gasteiger partial charge in [0.25, 0.3) is 0 Å². The van der Waals surface area contributed by atoms with Gasteiger partial charge in [-0.2, -0.15) is 0 Å². The summed E-state index contributed by atoms with van der Waals surface area (Å²) >= 11 is 5.99. The Morgan fingerprint density at radius 3 is 2.62 bits per heavy atom. The van der Waals surface area contributed by atoms with E-state index in [-0.39, 0.29) is 17.9 Å². The molecule has 1 heterocycles. The third-order valence-corrected chi connectivity index (χ3v) is 5.16. The van der Waals surface area contributed by atoms with Gasteiger partial charge in [-0.25, -0.2) is 0 Å². The fourth-order valence-corrected chi connectivity index (χ4v) is 3.41. The lowest BCUT2D eigenvalue weighted by molar-refractivity contribution is -0.133. The molecule has 144 valence electrons. The number of likely N-dealkylation sites (tertiary alicyclic amines) is 1. The summed E-state index contributed by atoms with van der Waals surface area (Å²) in [4.78, 5) is 18.4. The highest BCUT2D eigenvalue weighted by Gasteiger charge is 2.28. The van der Waals surface area contributed by atoms with Crippen molar-refractivity contribution in [2.75, 3.05) is 26.7 Å². The summed E-state index contributed by atoms with van der Waals surface area (Å²) in [6, 6.07) is 8.29. The standard InChI is InChI=1S/C20H31ClN4O/c1-5-15(16-6-8-17(21)9-7-16)12-23-20(22-4)24-18-10-11-25(13-18)19(26)14(2)3/h6-9,14-15,18H,5,10-13H2,1-4H3,(H2,22,23,24). The zero-order valence-electron chi connectivity index (χ0n) is 16.3. The molecule has 0 saturated carbocycles. The molecule has 2 N–H and O–H groups in total. The quantitative estimate of drug-likeness (QED) is 0.590. The first kappa shape index (κ1) is 20.6. The van der Waals surface area contributed by atoms with E-state index in [1.54, 1.807) is 7.05 Å². The molecule has 0 aromatic heterocycles. The van der Waals surface area contributed by atoms with E-state index in [2.05, 4.69) is 34.7 Å². The normalized spacial score (nSPS) is 18.9. The van der Waals surface area contributed by atoms with E-state index in [4.69, 9.17) is 11.6 Å². The van der Waals surface area contributed by atoms with Gasteiger partial charge in [0.1, 0.15) is 0 Å². The fraction of sp³-hybridized carbons (Fsp3) is 0.600. The van der Waals surface area contributed by atoms with Crippen LogP contribution < -0.4 is 10.6 Å². The van der Waals surface area contributed by atoms with Gasteiger partial charge in [0, 0.05) is 49.6 Å². The van der Waals surface area contributed by atoms with E-state index in [0.717, 1.165) is 43.5 Å². The molecule has 0 radical (unpaired) electrons. The zero-order valence-corrected chi connectivity index (χ0v) is 17.0. The Bertz CT molecular complexity index is 615. The highest BCUT2D eigenvalue weighted by atomic mass is 35.5. The van der Waals surface area contributed by atoms with Crippen LogP contribution in [0.1, 0.15) is 45.1 Å². The molecule has 1 fully saturated rings. The maximum Gasteiger partial charge on any atom is 0.225 e. The molecule has 2 unspecified atom stereocenters. The van der Waals surface area contributed by atoms with Crippen LogP contribution in [0.4, 0.5) is 0 Å². The summed E-state index contributed by atoms with van der Waals surface area (Å²) in [5.41, 5.74) is 1.27. The van der Waals surface area contributed by atoms with Crippen molar-refractivity contribution >= 4 is 23.5 Å². The number of nitrogens with zero attached hydrogens (tertiary/aromatic N) is 2. The maximum atomic E-state index is 12.1. The summed E-state index contributed by atoms with van der Waals surface area (Å²) in [7, 11) is 1.78. The number of nitrogens with one attached hydrogen (secondary N) is 2. The number of hydrogen-bond acceptors (Lipinski definition) is 2. The van der Waals surface area contributed by atoms with Gasteiger partial charge >= 0.3 is 0 Å². The molecule has 1 aromatic carbocycles. The van der Waals surface area contributed by atoms with E-state index in [1.165, 1.54) is 5.56 Å². The lowest BCUT2D eigenvalue weighted by atomic mass is 9.96. The van der Waals surface area contributed by atoms with Crippen LogP contribution in [0, 0.1) is 5.92 Å². The highest BCUT2D eigenvalue weighted by molar-refractivity contribution is 6.30. The average molecular weight is 379 g/mol. The fourth-order valence-electron chi connectivity index (χ4n) is 3.28. The van der Waals surface area contributed by atoms with Crippen LogP contribution in [-0.2, 0) is 4.79 Å². The smallest absolute Gasteiger partial charge is 0.225 e. The van der Waals surface area contributed by atoms with Crippen LogP contribution in [0.15, 0.2) is 29.3 Å². The molecule has 2 atom stereocenters. The Kier molecular flexibility index (Phi) is 7.76. The van der Waals surface area contributed by atoms with Crippen LogP contribution in [-0.4, -0.2) is 49.5 Å². The predicted molar refractivity (Wildman–Crippen MR) is 109 cm³/mol. The molecule has 1 aromatic rings. The number of rotatable bonds is 6. The maximum absolute atomic E-state index is 12.1. The minimum Gasteiger partial charge on any atom is -0.356 e. The Balaban J connectivity index is 1.86. The third-order valence-electron chi connectivity index (χ3n) is 4.91. The Hall–Kier alpha value is -1.75. The summed E-state index contributed by atoms with van der Waals surface area (Å²) in [5, 5.41) is 7.64. The molecule has 1 aliphatic rings. The number of carbonyl (C=O) groups is 1. The number of hydrogen-bond donors (Lipinski definition) is 2. The van der Waals surface area contributed by atoms with E-state index in [0.29, 0.717) is 5.92 Å². The van der Waals surface area contributed by atoms with Gasteiger partial charge in [-0.15, -0.1) is 0 Å². The third kappa shape index (κ3) is 5.63. The minimum absolute atomic E-state index is 0.0517. The number of aliphatic imine (C=N–C) groups is 1. The first-order valence-corrected chi connectivity index (χ1v) is 9.83. The molecule has 1 saturated heterocycles. The topological polar surface area (TPSA) is 56.7 Å². The van der Waals surface area contributed by atoms with Crippen molar-refractivity contribution in [2.45, 2.75) is 45.6 Å². The summed E-state index contributed by atoms with van der Waals surface area (Å²) in [6.45, 7) is 8.44. The molecule has 0 bridgehead atoms. The summed E-state index contributed by atoms with van der Waals surface area (Å²) < 4.78 is 0. The average Bonchev–Trinajstić information content (AvgIpc) is 3.10. The lowest BCUT2D eigenvalue weighted by Gasteiger charge is -2.22. The van der Waals surface area contributed by atoms with E-state index in [1.807, 2.05) is 30.9 Å². The van der Waals surface area contributed by atoms with Gasteiger partial charge in [-0.1, -0.05) is 44.5 Å². The number of halogens is 1. The molecule has 26 heavy (non-hydrogen) atoms. The Labute approximate surface area is 162 Å². The first-order chi connectivity index (χ1) is 12.4. The molecule has 0 aliphatic carbocycles. The van der Waals surface area contributed by atoms with Crippen LogP contribution in [0.2, 0.25) is 5.02 Å². The highest BCUT2D eigenvalue weighted by Crippen LogP contribution is 2.21. The van der Waals surface area contributed by atoms with E-state index < -0.39 is 0 Å². The second kappa shape index (κ2) is 9.81. The first-order valence-electron chi connectivity index (χ1n) is 9.46. The number of guanidine groups is 1. The van der Waals surface area contributed by atoms with Crippen molar-refractivity contribution in [3.8, 4) is 0 Å². The Morgan fingerprint density at radius 2 is 2.04 bits per heavy atom. The number of amides is 1. The minimum atomic E-state index is 0.0517. The van der Waals surface area contributed by atoms with Crippen LogP contribution in [0.5, 0.6) is 0 Å². The molecule has 2 rings (SSSR count). The number of carbonyl (C=O) groups excluding carboxylic acids is 1.